The third kappa shape index (κ3) is 5.20. The second-order valence-corrected chi connectivity index (χ2v) is 8.88. The highest BCUT2D eigenvalue weighted by molar-refractivity contribution is 5.44. The van der Waals surface area contributed by atoms with Gasteiger partial charge in [0.2, 0.25) is 0 Å². The van der Waals surface area contributed by atoms with E-state index >= 15 is 0 Å². The summed E-state index contributed by atoms with van der Waals surface area (Å²) in [4.78, 5) is 2.35. The summed E-state index contributed by atoms with van der Waals surface area (Å²) >= 11 is 0. The molecule has 3 rings (SSSR count). The molecule has 3 aromatic rings. The van der Waals surface area contributed by atoms with Gasteiger partial charge in [0, 0.05) is 19.6 Å². The SMILES string of the molecule is Cc1cc(CN(Cc2cc(C)c(O)c(C)c2)Cc2cc(C)c(O)c(C)c2)cc(C)c1O. The van der Waals surface area contributed by atoms with E-state index in [-0.39, 0.29) is 0 Å². The number of nitrogens with zero attached hydrogens (tertiary/aromatic N) is 1. The summed E-state index contributed by atoms with van der Waals surface area (Å²) in [5.41, 5.74) is 8.70. The largest absolute Gasteiger partial charge is 0.507 e. The Morgan fingerprint density at radius 2 is 0.645 bits per heavy atom. The van der Waals surface area contributed by atoms with Crippen LogP contribution >= 0.6 is 0 Å². The monoisotopic (exact) mass is 419 g/mol. The van der Waals surface area contributed by atoms with E-state index in [0.29, 0.717) is 17.2 Å². The number of aromatic hydroxyl groups is 3. The predicted molar refractivity (Wildman–Crippen MR) is 126 cm³/mol. The van der Waals surface area contributed by atoms with E-state index in [0.717, 1.165) is 69.7 Å². The lowest BCUT2D eigenvalue weighted by atomic mass is 10.0. The molecule has 0 spiro atoms. The van der Waals surface area contributed by atoms with Crippen molar-refractivity contribution in [3.63, 3.8) is 0 Å². The van der Waals surface area contributed by atoms with Crippen LogP contribution in [-0.4, -0.2) is 20.2 Å². The zero-order valence-electron chi connectivity index (χ0n) is 19.4. The van der Waals surface area contributed by atoms with Crippen molar-refractivity contribution in [2.45, 2.75) is 61.2 Å². The van der Waals surface area contributed by atoms with Crippen LogP contribution in [0.4, 0.5) is 0 Å². The van der Waals surface area contributed by atoms with Crippen molar-refractivity contribution < 1.29 is 15.3 Å². The van der Waals surface area contributed by atoms with Gasteiger partial charge in [0.25, 0.3) is 0 Å². The predicted octanol–water partition coefficient (Wildman–Crippen LogP) is 5.86. The molecule has 0 radical (unpaired) electrons. The average molecular weight is 420 g/mol. The molecule has 4 nitrogen and oxygen atoms in total. The minimum Gasteiger partial charge on any atom is -0.507 e. The van der Waals surface area contributed by atoms with Crippen LogP contribution in [0.15, 0.2) is 36.4 Å². The third-order valence-electron chi connectivity index (χ3n) is 5.87. The average Bonchev–Trinajstić information content (AvgIpc) is 2.68. The van der Waals surface area contributed by atoms with Crippen molar-refractivity contribution in [3.8, 4) is 17.2 Å². The molecule has 0 atom stereocenters. The number of phenolic OH excluding ortho intramolecular Hbond substituents is 3. The molecule has 0 fully saturated rings. The fourth-order valence-corrected chi connectivity index (χ4v) is 4.35. The normalized spacial score (nSPS) is 11.3. The molecule has 3 aromatic carbocycles. The zero-order chi connectivity index (χ0) is 22.9. The number of hydrogen-bond acceptors (Lipinski definition) is 4. The highest BCUT2D eigenvalue weighted by Crippen LogP contribution is 2.28. The second-order valence-electron chi connectivity index (χ2n) is 8.88. The third-order valence-corrected chi connectivity index (χ3v) is 5.87. The second kappa shape index (κ2) is 9.03. The highest BCUT2D eigenvalue weighted by Gasteiger charge is 2.14. The van der Waals surface area contributed by atoms with E-state index in [9.17, 15) is 15.3 Å². The lowest BCUT2D eigenvalue weighted by Gasteiger charge is -2.25. The Labute approximate surface area is 185 Å². The standard InChI is InChI=1S/C27H33NO3/c1-16-7-22(8-17(2)25(16)29)13-28(14-23-9-18(3)26(30)19(4)10-23)15-24-11-20(5)27(31)21(6)12-24/h7-12,29-31H,13-15H2,1-6H3. The van der Waals surface area contributed by atoms with Gasteiger partial charge in [-0.2, -0.15) is 0 Å². The van der Waals surface area contributed by atoms with Gasteiger partial charge in [0.15, 0.2) is 0 Å². The molecule has 4 heteroatoms. The van der Waals surface area contributed by atoms with Gasteiger partial charge in [-0.3, -0.25) is 4.90 Å². The topological polar surface area (TPSA) is 63.9 Å². The molecule has 0 heterocycles. The number of aryl methyl sites for hydroxylation is 6. The van der Waals surface area contributed by atoms with Crippen LogP contribution < -0.4 is 0 Å². The van der Waals surface area contributed by atoms with Crippen LogP contribution in [0.5, 0.6) is 17.2 Å². The summed E-state index contributed by atoms with van der Waals surface area (Å²) in [5.74, 6) is 1.06. The quantitative estimate of drug-likeness (QED) is 0.468. The first kappa shape index (κ1) is 22.7. The van der Waals surface area contributed by atoms with Crippen LogP contribution in [-0.2, 0) is 19.6 Å². The van der Waals surface area contributed by atoms with E-state index in [1.165, 1.54) is 0 Å². The fraction of sp³-hybridized carbons (Fsp3) is 0.333. The molecule has 0 aliphatic heterocycles. The molecule has 0 saturated carbocycles. The molecule has 0 aliphatic carbocycles. The first-order valence-corrected chi connectivity index (χ1v) is 10.6. The van der Waals surface area contributed by atoms with Gasteiger partial charge in [-0.05, 0) is 91.6 Å². The maximum Gasteiger partial charge on any atom is 0.121 e. The minimum atomic E-state index is 0.352. The van der Waals surface area contributed by atoms with Crippen molar-refractivity contribution >= 4 is 0 Å². The van der Waals surface area contributed by atoms with Gasteiger partial charge in [-0.25, -0.2) is 0 Å². The van der Waals surface area contributed by atoms with Gasteiger partial charge in [0.1, 0.15) is 17.2 Å². The summed E-state index contributed by atoms with van der Waals surface area (Å²) in [5, 5.41) is 30.4. The van der Waals surface area contributed by atoms with Crippen LogP contribution in [0.25, 0.3) is 0 Å². The van der Waals surface area contributed by atoms with E-state index in [2.05, 4.69) is 4.90 Å². The van der Waals surface area contributed by atoms with Crippen molar-refractivity contribution in [3.05, 3.63) is 86.5 Å². The summed E-state index contributed by atoms with van der Waals surface area (Å²) in [7, 11) is 0. The van der Waals surface area contributed by atoms with E-state index < -0.39 is 0 Å². The summed E-state index contributed by atoms with van der Waals surface area (Å²) in [6.45, 7) is 13.7. The van der Waals surface area contributed by atoms with E-state index in [1.54, 1.807) is 0 Å². The van der Waals surface area contributed by atoms with Gasteiger partial charge in [0.05, 0.1) is 0 Å². The van der Waals surface area contributed by atoms with Crippen molar-refractivity contribution in [2.24, 2.45) is 0 Å². The number of phenols is 3. The highest BCUT2D eigenvalue weighted by atomic mass is 16.3. The number of hydrogen-bond donors (Lipinski definition) is 3. The van der Waals surface area contributed by atoms with Crippen molar-refractivity contribution in [2.75, 3.05) is 0 Å². The Balaban J connectivity index is 1.95. The summed E-state index contributed by atoms with van der Waals surface area (Å²) in [6, 6.07) is 12.2. The van der Waals surface area contributed by atoms with Crippen molar-refractivity contribution in [1.29, 1.82) is 0 Å². The van der Waals surface area contributed by atoms with Crippen LogP contribution in [0.2, 0.25) is 0 Å². The summed E-state index contributed by atoms with van der Waals surface area (Å²) < 4.78 is 0. The number of benzene rings is 3. The Hall–Kier alpha value is -2.98. The molecule has 3 N–H and O–H groups in total. The van der Waals surface area contributed by atoms with Gasteiger partial charge in [-0.1, -0.05) is 36.4 Å². The van der Waals surface area contributed by atoms with E-state index in [1.807, 2.05) is 77.9 Å². The van der Waals surface area contributed by atoms with Crippen LogP contribution in [0.3, 0.4) is 0 Å². The maximum atomic E-state index is 10.1. The Bertz CT molecular complexity index is 907. The van der Waals surface area contributed by atoms with Crippen molar-refractivity contribution in [1.82, 2.24) is 4.90 Å². The Morgan fingerprint density at radius 1 is 0.452 bits per heavy atom. The van der Waals surface area contributed by atoms with Gasteiger partial charge < -0.3 is 15.3 Å². The fourth-order valence-electron chi connectivity index (χ4n) is 4.35. The maximum absolute atomic E-state index is 10.1. The van der Waals surface area contributed by atoms with Gasteiger partial charge in [-0.15, -0.1) is 0 Å². The first-order chi connectivity index (χ1) is 14.5. The Kier molecular flexibility index (Phi) is 6.61. The molecule has 31 heavy (non-hydrogen) atoms. The molecule has 0 bridgehead atoms. The Morgan fingerprint density at radius 3 is 0.839 bits per heavy atom. The van der Waals surface area contributed by atoms with E-state index in [4.69, 9.17) is 0 Å². The molecule has 0 saturated heterocycles. The molecule has 164 valence electrons. The molecular formula is C27H33NO3. The van der Waals surface area contributed by atoms with Crippen LogP contribution in [0.1, 0.15) is 50.1 Å². The van der Waals surface area contributed by atoms with Gasteiger partial charge >= 0.3 is 0 Å². The smallest absolute Gasteiger partial charge is 0.121 e. The lowest BCUT2D eigenvalue weighted by Crippen LogP contribution is -2.23. The molecule has 0 aromatic heterocycles. The minimum absolute atomic E-state index is 0.352. The molecular weight excluding hydrogens is 386 g/mol. The summed E-state index contributed by atoms with van der Waals surface area (Å²) in [6.07, 6.45) is 0. The zero-order valence-corrected chi connectivity index (χ0v) is 19.4. The molecule has 0 aliphatic rings. The molecule has 0 amide bonds. The molecule has 0 unspecified atom stereocenters. The first-order valence-electron chi connectivity index (χ1n) is 10.6. The van der Waals surface area contributed by atoms with Crippen LogP contribution in [0, 0.1) is 41.5 Å². The lowest BCUT2D eigenvalue weighted by molar-refractivity contribution is 0.247. The number of rotatable bonds is 6.